The second-order valence-electron chi connectivity index (χ2n) is 9.23. The number of aliphatic imine (C=N–C) groups is 1. The fourth-order valence-electron chi connectivity index (χ4n) is 3.63. The van der Waals surface area contributed by atoms with Crippen LogP contribution in [0.5, 0.6) is 0 Å². The van der Waals surface area contributed by atoms with Crippen LogP contribution in [0.1, 0.15) is 26.1 Å². The first-order valence-corrected chi connectivity index (χ1v) is 14.4. The van der Waals surface area contributed by atoms with Gasteiger partial charge in [0.15, 0.2) is 10.3 Å². The summed E-state index contributed by atoms with van der Waals surface area (Å²) in [6.07, 6.45) is -0.481. The number of carboxylic acid groups (broad SMARTS) is 2. The molecule has 1 aromatic heterocycles. The Balaban J connectivity index is 1.51. The van der Waals surface area contributed by atoms with Crippen LogP contribution >= 0.6 is 35.1 Å². The molecule has 0 radical (unpaired) electrons. The van der Waals surface area contributed by atoms with Crippen molar-refractivity contribution in [3.63, 3.8) is 0 Å². The Hall–Kier alpha value is -3.79. The number of anilines is 1. The van der Waals surface area contributed by atoms with E-state index in [1.165, 1.54) is 30.6 Å². The first-order valence-electron chi connectivity index (χ1n) is 11.6. The Labute approximate surface area is 244 Å². The Morgan fingerprint density at radius 2 is 2.05 bits per heavy atom. The van der Waals surface area contributed by atoms with E-state index in [0.29, 0.717) is 5.57 Å². The zero-order valence-corrected chi connectivity index (χ0v) is 23.9. The summed E-state index contributed by atoms with van der Waals surface area (Å²) in [5.74, 6) is 1.70. The van der Waals surface area contributed by atoms with Crippen LogP contribution in [0.3, 0.4) is 0 Å². The number of carbonyl (C=O) groups is 4. The maximum atomic E-state index is 13.1. The Morgan fingerprint density at radius 1 is 1.34 bits per heavy atom. The molecule has 0 spiro atoms. The summed E-state index contributed by atoms with van der Waals surface area (Å²) in [6.45, 7) is 2.42. The van der Waals surface area contributed by atoms with Crippen molar-refractivity contribution in [1.82, 2.24) is 24.6 Å². The van der Waals surface area contributed by atoms with E-state index in [1.54, 1.807) is 0 Å². The van der Waals surface area contributed by atoms with Crippen LogP contribution in [0.25, 0.3) is 0 Å². The monoisotopic (exact) mass is 627 g/mol. The van der Waals surface area contributed by atoms with E-state index in [9.17, 15) is 29.4 Å². The van der Waals surface area contributed by atoms with Crippen molar-refractivity contribution in [3.8, 4) is 0 Å². The van der Waals surface area contributed by atoms with Crippen molar-refractivity contribution in [1.29, 1.82) is 5.41 Å². The minimum Gasteiger partial charge on any atom is -0.478 e. The van der Waals surface area contributed by atoms with Gasteiger partial charge in [-0.3, -0.25) is 24.9 Å². The van der Waals surface area contributed by atoms with Crippen molar-refractivity contribution in [2.24, 2.45) is 21.7 Å². The highest BCUT2D eigenvalue weighted by atomic mass is 32.2. The number of hydrogen-bond donors (Lipinski definition) is 7. The van der Waals surface area contributed by atoms with E-state index in [0.717, 1.165) is 28.2 Å². The molecule has 3 atom stereocenters. The standard InChI is InChI=1S/C20H25N11O7S3/c1-20(2,17(36)37)38-28-9(12-27-18(23)41-29-12)13(32)26-10-14(33)30-11(16(34)35)6(4-39-15(10)30)5-40-19-25-7(21)3-8(22)31(19)24/h8,10,15,21H,3-5,22,24H2,1-2H3,(H,26,32)(H,34,35)(H,36,37)(H2,23,27,29)/t8?,10?,15-/m0/s1. The maximum absolute atomic E-state index is 13.1. The van der Waals surface area contributed by atoms with Crippen molar-refractivity contribution < 1.29 is 34.2 Å². The molecule has 41 heavy (non-hydrogen) atoms. The lowest BCUT2D eigenvalue weighted by Crippen LogP contribution is -2.71. The van der Waals surface area contributed by atoms with E-state index >= 15 is 0 Å². The lowest BCUT2D eigenvalue weighted by atomic mass is 10.0. The summed E-state index contributed by atoms with van der Waals surface area (Å²) in [5.41, 5.74) is 9.36. The molecule has 10 N–H and O–H groups in total. The van der Waals surface area contributed by atoms with Crippen molar-refractivity contribution in [2.45, 2.75) is 43.5 Å². The largest absolute Gasteiger partial charge is 0.478 e. The van der Waals surface area contributed by atoms with Gasteiger partial charge in [0, 0.05) is 29.5 Å². The number of nitrogens with two attached hydrogens (primary N) is 3. The molecule has 0 bridgehead atoms. The first-order chi connectivity index (χ1) is 19.2. The summed E-state index contributed by atoms with van der Waals surface area (Å²) < 4.78 is 3.91. The molecule has 1 fully saturated rings. The van der Waals surface area contributed by atoms with Crippen molar-refractivity contribution >= 4 is 80.7 Å². The molecule has 0 aliphatic carbocycles. The molecule has 4 rings (SSSR count). The molecule has 220 valence electrons. The Kier molecular flexibility index (Phi) is 8.54. The number of oxime groups is 1. The summed E-state index contributed by atoms with van der Waals surface area (Å²) in [5, 5.41) is 33.8. The van der Waals surface area contributed by atoms with Gasteiger partial charge in [0.05, 0.1) is 0 Å². The van der Waals surface area contributed by atoms with Gasteiger partial charge in [-0.1, -0.05) is 16.9 Å². The first kappa shape index (κ1) is 30.2. The van der Waals surface area contributed by atoms with Gasteiger partial charge in [0.1, 0.15) is 29.1 Å². The van der Waals surface area contributed by atoms with Gasteiger partial charge < -0.3 is 31.8 Å². The van der Waals surface area contributed by atoms with Crippen LogP contribution in [0.2, 0.25) is 0 Å². The highest BCUT2D eigenvalue weighted by Gasteiger charge is 2.54. The summed E-state index contributed by atoms with van der Waals surface area (Å²) in [4.78, 5) is 63.9. The molecule has 0 saturated carbocycles. The number of hydrazine groups is 1. The summed E-state index contributed by atoms with van der Waals surface area (Å²) in [6, 6.07) is -1.13. The molecular weight excluding hydrogens is 602 g/mol. The zero-order valence-electron chi connectivity index (χ0n) is 21.4. The SMILES string of the molecule is CC(C)(ON=C(C(=O)NC1C(=O)N2C(C(=O)O)=C(CSC3=NC(=N)CC(N)N3N)CS[C@@H]12)c1nsc(N)n1)C(=O)O. The molecule has 4 heterocycles. The summed E-state index contributed by atoms with van der Waals surface area (Å²) in [7, 11) is 0. The van der Waals surface area contributed by atoms with E-state index in [2.05, 4.69) is 24.8 Å². The maximum Gasteiger partial charge on any atom is 0.352 e. The van der Waals surface area contributed by atoms with E-state index in [-0.39, 0.29) is 45.6 Å². The predicted molar refractivity (Wildman–Crippen MR) is 150 cm³/mol. The number of hydrogen-bond acceptors (Lipinski definition) is 16. The second kappa shape index (κ2) is 11.6. The molecule has 1 saturated heterocycles. The highest BCUT2D eigenvalue weighted by molar-refractivity contribution is 8.14. The van der Waals surface area contributed by atoms with E-state index in [1.807, 2.05) is 0 Å². The smallest absolute Gasteiger partial charge is 0.352 e. The van der Waals surface area contributed by atoms with Gasteiger partial charge in [0.2, 0.25) is 17.1 Å². The van der Waals surface area contributed by atoms with Gasteiger partial charge >= 0.3 is 11.9 Å². The zero-order chi connectivity index (χ0) is 30.2. The molecule has 21 heteroatoms. The number of aliphatic carboxylic acids is 2. The molecule has 0 aromatic carbocycles. The highest BCUT2D eigenvalue weighted by Crippen LogP contribution is 2.41. The molecule has 1 aromatic rings. The molecular formula is C20H25N11O7S3. The number of rotatable bonds is 9. The lowest BCUT2D eigenvalue weighted by molar-refractivity contribution is -0.161. The van der Waals surface area contributed by atoms with E-state index in [4.69, 9.17) is 27.6 Å². The van der Waals surface area contributed by atoms with Gasteiger partial charge in [-0.05, 0) is 19.4 Å². The minimum atomic E-state index is -1.81. The molecule has 2 unspecified atom stereocenters. The number of aromatic nitrogens is 2. The van der Waals surface area contributed by atoms with Gasteiger partial charge in [-0.15, -0.1) is 11.8 Å². The fraction of sp³-hybridized carbons (Fsp3) is 0.450. The summed E-state index contributed by atoms with van der Waals surface area (Å²) >= 11 is 3.07. The average molecular weight is 628 g/mol. The van der Waals surface area contributed by atoms with Crippen LogP contribution in [-0.2, 0) is 24.0 Å². The number of thioether (sulfide) groups is 2. The van der Waals surface area contributed by atoms with Crippen LogP contribution in [-0.4, -0.2) is 105 Å². The molecule has 3 aliphatic heterocycles. The number of carboxylic acids is 2. The second-order valence-corrected chi connectivity index (χ2v) is 12.1. The molecule has 2 amide bonds. The normalized spacial score (nSPS) is 23.1. The number of nitrogens with one attached hydrogen (secondary N) is 2. The van der Waals surface area contributed by atoms with Crippen LogP contribution in [0, 0.1) is 5.41 Å². The van der Waals surface area contributed by atoms with E-state index < -0.39 is 52.6 Å². The third kappa shape index (κ3) is 6.12. The number of carbonyl (C=O) groups excluding carboxylic acids is 2. The fourth-order valence-corrected chi connectivity index (χ4v) is 6.54. The number of fused-ring (bicyclic) bond motifs is 1. The Morgan fingerprint density at radius 3 is 2.66 bits per heavy atom. The van der Waals surface area contributed by atoms with Crippen molar-refractivity contribution in [2.75, 3.05) is 17.2 Å². The van der Waals surface area contributed by atoms with Gasteiger partial charge in [0.25, 0.3) is 11.8 Å². The predicted octanol–water partition coefficient (Wildman–Crippen LogP) is -1.63. The number of amidine groups is 2. The van der Waals surface area contributed by atoms with Crippen LogP contribution in [0.15, 0.2) is 21.4 Å². The number of amides is 2. The topological polar surface area (TPSA) is 289 Å². The quantitative estimate of drug-likeness (QED) is 0.0700. The molecule has 3 aliphatic rings. The third-order valence-corrected chi connectivity index (χ3v) is 8.81. The van der Waals surface area contributed by atoms with Gasteiger partial charge in [-0.2, -0.15) is 9.36 Å². The number of β-lactam (4-membered cyclic amide) rings is 1. The van der Waals surface area contributed by atoms with Crippen molar-refractivity contribution in [3.05, 3.63) is 17.1 Å². The molecule has 18 nitrogen and oxygen atoms in total. The number of nitrogens with zero attached hydrogens (tertiary/aromatic N) is 6. The minimum absolute atomic E-state index is 0.00383. The Bertz CT molecular complexity index is 1410. The van der Waals surface area contributed by atoms with Gasteiger partial charge in [-0.25, -0.2) is 20.4 Å². The third-order valence-electron chi connectivity index (χ3n) is 5.87. The van der Waals surface area contributed by atoms with Crippen LogP contribution < -0.4 is 22.6 Å². The number of nitrogen functional groups attached to an aromatic ring is 1. The van der Waals surface area contributed by atoms with Crippen LogP contribution in [0.4, 0.5) is 5.13 Å². The lowest BCUT2D eigenvalue weighted by Gasteiger charge is -2.49. The average Bonchev–Trinajstić information content (AvgIpc) is 3.33.